The third-order valence-corrected chi connectivity index (χ3v) is 2.48. The summed E-state index contributed by atoms with van der Waals surface area (Å²) >= 11 is 0. The minimum absolute atomic E-state index is 0.0220. The molecule has 2 saturated heterocycles. The summed E-state index contributed by atoms with van der Waals surface area (Å²) in [6.45, 7) is 7.37. The summed E-state index contributed by atoms with van der Waals surface area (Å²) in [4.78, 5) is 0. The van der Waals surface area contributed by atoms with Crippen molar-refractivity contribution in [3.05, 3.63) is 0 Å². The minimum atomic E-state index is 0.0220. The lowest BCUT2D eigenvalue weighted by atomic mass is 9.86. The van der Waals surface area contributed by atoms with Gasteiger partial charge >= 0.3 is 0 Å². The quantitative estimate of drug-likeness (QED) is 0.498. The average molecular weight is 156 g/mol. The van der Waals surface area contributed by atoms with Crippen molar-refractivity contribution in [2.45, 2.75) is 50.9 Å². The van der Waals surface area contributed by atoms with Crippen molar-refractivity contribution in [1.82, 2.24) is 0 Å². The lowest BCUT2D eigenvalue weighted by Gasteiger charge is -2.38. The van der Waals surface area contributed by atoms with Gasteiger partial charge in [0.1, 0.15) is 0 Å². The van der Waals surface area contributed by atoms with E-state index >= 15 is 0 Å². The van der Waals surface area contributed by atoms with Gasteiger partial charge in [-0.3, -0.25) is 0 Å². The molecule has 0 aromatic carbocycles. The molecule has 1 spiro atoms. The van der Waals surface area contributed by atoms with E-state index in [-0.39, 0.29) is 11.2 Å². The zero-order valence-corrected chi connectivity index (χ0v) is 7.52. The summed E-state index contributed by atoms with van der Waals surface area (Å²) in [5.74, 6) is 0. The van der Waals surface area contributed by atoms with Gasteiger partial charge in [0.15, 0.2) is 0 Å². The molecular formula is C9H16O2. The van der Waals surface area contributed by atoms with Crippen LogP contribution in [0.4, 0.5) is 0 Å². The summed E-state index contributed by atoms with van der Waals surface area (Å²) in [6.07, 6.45) is 2.50. The fraction of sp³-hybridized carbons (Fsp3) is 1.00. The molecule has 0 saturated carbocycles. The van der Waals surface area contributed by atoms with Gasteiger partial charge in [-0.15, -0.1) is 0 Å². The second-order valence-electron chi connectivity index (χ2n) is 4.54. The summed E-state index contributed by atoms with van der Waals surface area (Å²) in [6, 6.07) is 0. The molecule has 0 aromatic heterocycles. The molecular weight excluding hydrogens is 140 g/mol. The van der Waals surface area contributed by atoms with Crippen LogP contribution in [0.15, 0.2) is 0 Å². The van der Waals surface area contributed by atoms with Crippen molar-refractivity contribution >= 4 is 0 Å². The van der Waals surface area contributed by atoms with Crippen LogP contribution < -0.4 is 0 Å². The second-order valence-corrected chi connectivity index (χ2v) is 4.54. The zero-order valence-electron chi connectivity index (χ0n) is 7.52. The predicted octanol–water partition coefficient (Wildman–Crippen LogP) is 1.73. The molecule has 0 amide bonds. The lowest BCUT2D eigenvalue weighted by molar-refractivity contribution is -0.123. The number of hydrogen-bond donors (Lipinski definition) is 0. The number of ether oxygens (including phenoxy) is 2. The van der Waals surface area contributed by atoms with Gasteiger partial charge in [0.2, 0.25) is 0 Å². The highest BCUT2D eigenvalue weighted by atomic mass is 16.6. The van der Waals surface area contributed by atoms with E-state index in [1.165, 1.54) is 0 Å². The highest BCUT2D eigenvalue weighted by molar-refractivity contribution is 5.01. The normalized spacial score (nSPS) is 47.7. The molecule has 2 nitrogen and oxygen atoms in total. The standard InChI is InChI=1S/C9H16O2/c1-7-4-9(6-10-9)5-8(2,3)11-7/h7H,4-6H2,1-3H3. The SMILES string of the molecule is CC1CC2(CO2)CC(C)(C)O1. The summed E-state index contributed by atoms with van der Waals surface area (Å²) in [5, 5.41) is 0. The van der Waals surface area contributed by atoms with Gasteiger partial charge in [-0.2, -0.15) is 0 Å². The molecule has 0 radical (unpaired) electrons. The van der Waals surface area contributed by atoms with E-state index in [4.69, 9.17) is 9.47 Å². The molecule has 2 heterocycles. The molecule has 64 valence electrons. The highest BCUT2D eigenvalue weighted by Crippen LogP contribution is 2.45. The first kappa shape index (κ1) is 7.56. The monoisotopic (exact) mass is 156 g/mol. The van der Waals surface area contributed by atoms with E-state index in [0.717, 1.165) is 19.4 Å². The van der Waals surface area contributed by atoms with E-state index < -0.39 is 0 Å². The maximum atomic E-state index is 5.77. The van der Waals surface area contributed by atoms with Gasteiger partial charge in [0.25, 0.3) is 0 Å². The van der Waals surface area contributed by atoms with Crippen molar-refractivity contribution in [3.63, 3.8) is 0 Å². The van der Waals surface area contributed by atoms with Crippen LogP contribution in [0.5, 0.6) is 0 Å². The minimum Gasteiger partial charge on any atom is -0.372 e. The Morgan fingerprint density at radius 1 is 1.36 bits per heavy atom. The Kier molecular flexibility index (Phi) is 1.37. The van der Waals surface area contributed by atoms with Crippen LogP contribution in [0.1, 0.15) is 33.6 Å². The van der Waals surface area contributed by atoms with Crippen molar-refractivity contribution in [2.75, 3.05) is 6.61 Å². The van der Waals surface area contributed by atoms with Crippen LogP contribution in [0.25, 0.3) is 0 Å². The number of epoxide rings is 1. The smallest absolute Gasteiger partial charge is 0.0968 e. The van der Waals surface area contributed by atoms with Crippen LogP contribution in [-0.4, -0.2) is 23.9 Å². The van der Waals surface area contributed by atoms with E-state index in [1.807, 2.05) is 0 Å². The Labute approximate surface area is 67.9 Å². The molecule has 0 N–H and O–H groups in total. The van der Waals surface area contributed by atoms with Crippen LogP contribution >= 0.6 is 0 Å². The van der Waals surface area contributed by atoms with Crippen molar-refractivity contribution in [1.29, 1.82) is 0 Å². The zero-order chi connectivity index (χ0) is 8.11. The molecule has 2 fully saturated rings. The van der Waals surface area contributed by atoms with E-state index in [2.05, 4.69) is 20.8 Å². The van der Waals surface area contributed by atoms with Gasteiger partial charge in [-0.05, 0) is 20.8 Å². The summed E-state index contributed by atoms with van der Waals surface area (Å²) < 4.78 is 11.2. The molecule has 2 atom stereocenters. The molecule has 2 rings (SSSR count). The third-order valence-electron chi connectivity index (χ3n) is 2.48. The van der Waals surface area contributed by atoms with Crippen molar-refractivity contribution in [2.24, 2.45) is 0 Å². The lowest BCUT2D eigenvalue weighted by Crippen LogP contribution is -2.42. The molecule has 2 aliphatic heterocycles. The van der Waals surface area contributed by atoms with E-state index in [9.17, 15) is 0 Å². The molecule has 0 aromatic rings. The molecule has 2 aliphatic rings. The topological polar surface area (TPSA) is 21.8 Å². The Hall–Kier alpha value is -0.0800. The molecule has 0 bridgehead atoms. The molecule has 11 heavy (non-hydrogen) atoms. The highest BCUT2D eigenvalue weighted by Gasteiger charge is 2.53. The van der Waals surface area contributed by atoms with Crippen LogP contribution in [0, 0.1) is 0 Å². The molecule has 2 heteroatoms. The van der Waals surface area contributed by atoms with E-state index in [1.54, 1.807) is 0 Å². The van der Waals surface area contributed by atoms with Gasteiger partial charge < -0.3 is 9.47 Å². The Bertz CT molecular complexity index is 164. The first-order valence-electron chi connectivity index (χ1n) is 4.33. The van der Waals surface area contributed by atoms with Gasteiger partial charge in [-0.1, -0.05) is 0 Å². The van der Waals surface area contributed by atoms with Crippen LogP contribution in [-0.2, 0) is 9.47 Å². The van der Waals surface area contributed by atoms with Gasteiger partial charge in [-0.25, -0.2) is 0 Å². The Morgan fingerprint density at radius 2 is 2.00 bits per heavy atom. The first-order chi connectivity index (χ1) is 5.02. The number of rotatable bonds is 0. The molecule has 2 unspecified atom stereocenters. The fourth-order valence-corrected chi connectivity index (χ4v) is 2.32. The second kappa shape index (κ2) is 1.99. The maximum absolute atomic E-state index is 5.77. The van der Waals surface area contributed by atoms with Gasteiger partial charge in [0, 0.05) is 12.8 Å². The van der Waals surface area contributed by atoms with Gasteiger partial charge in [0.05, 0.1) is 23.9 Å². The predicted molar refractivity (Wildman–Crippen MR) is 42.5 cm³/mol. The fourth-order valence-electron chi connectivity index (χ4n) is 2.32. The van der Waals surface area contributed by atoms with E-state index in [0.29, 0.717) is 6.10 Å². The summed E-state index contributed by atoms with van der Waals surface area (Å²) in [7, 11) is 0. The Balaban J connectivity index is 2.09. The summed E-state index contributed by atoms with van der Waals surface area (Å²) in [5.41, 5.74) is 0.231. The largest absolute Gasteiger partial charge is 0.372 e. The maximum Gasteiger partial charge on any atom is 0.0968 e. The van der Waals surface area contributed by atoms with Crippen LogP contribution in [0.2, 0.25) is 0 Å². The van der Waals surface area contributed by atoms with Crippen molar-refractivity contribution < 1.29 is 9.47 Å². The Morgan fingerprint density at radius 3 is 2.45 bits per heavy atom. The average Bonchev–Trinajstić information content (AvgIpc) is 2.41. The van der Waals surface area contributed by atoms with Crippen molar-refractivity contribution in [3.8, 4) is 0 Å². The third kappa shape index (κ3) is 1.42. The van der Waals surface area contributed by atoms with Crippen LogP contribution in [0.3, 0.4) is 0 Å². The first-order valence-corrected chi connectivity index (χ1v) is 4.33. The molecule has 0 aliphatic carbocycles. The number of hydrogen-bond acceptors (Lipinski definition) is 2.